The van der Waals surface area contributed by atoms with Crippen LogP contribution >= 0.6 is 34.5 Å². The van der Waals surface area contributed by atoms with Gasteiger partial charge in [0.1, 0.15) is 17.4 Å². The van der Waals surface area contributed by atoms with Crippen LogP contribution in [0.2, 0.25) is 5.02 Å². The maximum atomic E-state index is 6.11. The minimum atomic E-state index is 0.444. The van der Waals surface area contributed by atoms with E-state index in [0.717, 1.165) is 16.3 Å². The number of aryl methyl sites for hydroxylation is 2. The molecular weight excluding hydrogens is 289 g/mol. The molecule has 96 valence electrons. The van der Waals surface area contributed by atoms with Crippen molar-refractivity contribution in [2.24, 2.45) is 0 Å². The van der Waals surface area contributed by atoms with E-state index in [1.807, 2.05) is 25.1 Å². The number of alkyl halides is 1. The highest BCUT2D eigenvalue weighted by atomic mass is 35.5. The molecule has 0 N–H and O–H groups in total. The van der Waals surface area contributed by atoms with Gasteiger partial charge < -0.3 is 4.74 Å². The second kappa shape index (κ2) is 5.91. The van der Waals surface area contributed by atoms with E-state index in [-0.39, 0.29) is 0 Å². The molecule has 0 atom stereocenters. The molecule has 2 aromatic rings. The van der Waals surface area contributed by atoms with Crippen molar-refractivity contribution in [1.29, 1.82) is 0 Å². The zero-order valence-corrected chi connectivity index (χ0v) is 12.5. The molecule has 0 radical (unpaired) electrons. The second-order valence-corrected chi connectivity index (χ2v) is 5.90. The Balaban J connectivity index is 2.06. The van der Waals surface area contributed by atoms with Gasteiger partial charge in [-0.1, -0.05) is 17.7 Å². The fraction of sp³-hybridized carbons (Fsp3) is 0.308. The number of thiazole rings is 1. The highest BCUT2D eigenvalue weighted by Gasteiger charge is 2.07. The lowest BCUT2D eigenvalue weighted by Gasteiger charge is -2.07. The molecule has 1 heterocycles. The van der Waals surface area contributed by atoms with Crippen LogP contribution in [0, 0.1) is 13.8 Å². The molecule has 0 aliphatic rings. The first-order valence-corrected chi connectivity index (χ1v) is 7.23. The van der Waals surface area contributed by atoms with Gasteiger partial charge in [0.25, 0.3) is 0 Å². The van der Waals surface area contributed by atoms with E-state index in [0.29, 0.717) is 23.3 Å². The lowest BCUT2D eigenvalue weighted by molar-refractivity contribution is 0.305. The van der Waals surface area contributed by atoms with Crippen LogP contribution < -0.4 is 4.74 Å². The van der Waals surface area contributed by atoms with E-state index in [1.54, 1.807) is 11.3 Å². The van der Waals surface area contributed by atoms with E-state index in [4.69, 9.17) is 27.9 Å². The molecule has 1 aromatic heterocycles. The highest BCUT2D eigenvalue weighted by molar-refractivity contribution is 7.11. The normalized spacial score (nSPS) is 10.7. The Kier molecular flexibility index (Phi) is 4.49. The van der Waals surface area contributed by atoms with Crippen LogP contribution in [0.4, 0.5) is 0 Å². The first-order valence-electron chi connectivity index (χ1n) is 5.50. The summed E-state index contributed by atoms with van der Waals surface area (Å²) in [7, 11) is 0. The smallest absolute Gasteiger partial charge is 0.140 e. The van der Waals surface area contributed by atoms with Gasteiger partial charge in [-0.15, -0.1) is 22.9 Å². The van der Waals surface area contributed by atoms with Crippen molar-refractivity contribution >= 4 is 34.5 Å². The maximum absolute atomic E-state index is 6.11. The van der Waals surface area contributed by atoms with Crippen LogP contribution in [0.3, 0.4) is 0 Å². The Morgan fingerprint density at radius 1 is 1.33 bits per heavy atom. The third-order valence-electron chi connectivity index (χ3n) is 2.57. The summed E-state index contributed by atoms with van der Waals surface area (Å²) in [5, 5.41) is 1.54. The average molecular weight is 302 g/mol. The van der Waals surface area contributed by atoms with E-state index in [1.165, 1.54) is 4.88 Å². The average Bonchev–Trinajstić information content (AvgIpc) is 2.67. The van der Waals surface area contributed by atoms with Crippen LogP contribution in [0.1, 0.15) is 21.1 Å². The molecule has 2 nitrogen and oxygen atoms in total. The second-order valence-electron chi connectivity index (χ2n) is 3.94. The fourth-order valence-corrected chi connectivity index (χ4v) is 2.76. The van der Waals surface area contributed by atoms with Gasteiger partial charge in [0.2, 0.25) is 0 Å². The molecule has 0 aliphatic carbocycles. The van der Waals surface area contributed by atoms with Crippen molar-refractivity contribution in [2.45, 2.75) is 26.3 Å². The zero-order chi connectivity index (χ0) is 13.1. The molecule has 0 spiro atoms. The number of hydrogen-bond donors (Lipinski definition) is 0. The number of halogens is 2. The third kappa shape index (κ3) is 3.16. The van der Waals surface area contributed by atoms with Crippen molar-refractivity contribution in [2.75, 3.05) is 0 Å². The SMILES string of the molecule is Cc1nc(COc2ccc(CCl)cc2Cl)sc1C. The minimum absolute atomic E-state index is 0.444. The highest BCUT2D eigenvalue weighted by Crippen LogP contribution is 2.27. The molecule has 0 amide bonds. The lowest BCUT2D eigenvalue weighted by Crippen LogP contribution is -1.95. The zero-order valence-electron chi connectivity index (χ0n) is 10.2. The van der Waals surface area contributed by atoms with E-state index in [9.17, 15) is 0 Å². The third-order valence-corrected chi connectivity index (χ3v) is 4.22. The summed E-state index contributed by atoms with van der Waals surface area (Å²) in [6.45, 7) is 4.50. The summed E-state index contributed by atoms with van der Waals surface area (Å²) in [6, 6.07) is 5.57. The van der Waals surface area contributed by atoms with Crippen LogP contribution in [0.15, 0.2) is 18.2 Å². The molecule has 0 bridgehead atoms. The summed E-state index contributed by atoms with van der Waals surface area (Å²) in [4.78, 5) is 5.64. The van der Waals surface area contributed by atoms with Crippen molar-refractivity contribution in [3.8, 4) is 5.75 Å². The number of ether oxygens (including phenoxy) is 1. The van der Waals surface area contributed by atoms with Crippen LogP contribution in [-0.4, -0.2) is 4.98 Å². The van der Waals surface area contributed by atoms with Gasteiger partial charge in [-0.05, 0) is 31.5 Å². The number of benzene rings is 1. The van der Waals surface area contributed by atoms with E-state index in [2.05, 4.69) is 11.9 Å². The Morgan fingerprint density at radius 2 is 2.11 bits per heavy atom. The van der Waals surface area contributed by atoms with Gasteiger partial charge in [0, 0.05) is 10.8 Å². The van der Waals surface area contributed by atoms with E-state index >= 15 is 0 Å². The molecule has 0 fully saturated rings. The number of hydrogen-bond acceptors (Lipinski definition) is 3. The van der Waals surface area contributed by atoms with Crippen molar-refractivity contribution < 1.29 is 4.74 Å². The first kappa shape index (κ1) is 13.7. The maximum Gasteiger partial charge on any atom is 0.140 e. The van der Waals surface area contributed by atoms with Gasteiger partial charge in [-0.3, -0.25) is 0 Å². The van der Waals surface area contributed by atoms with Gasteiger partial charge in [0.15, 0.2) is 0 Å². The topological polar surface area (TPSA) is 22.1 Å². The van der Waals surface area contributed by atoms with Gasteiger partial charge in [-0.25, -0.2) is 4.98 Å². The standard InChI is InChI=1S/C13H13Cl2NOS/c1-8-9(2)18-13(16-8)7-17-12-4-3-10(6-14)5-11(12)15/h3-5H,6-7H2,1-2H3. The molecule has 0 unspecified atom stereocenters. The molecule has 1 aromatic carbocycles. The lowest BCUT2D eigenvalue weighted by atomic mass is 10.2. The molecule has 0 saturated heterocycles. The molecule has 2 rings (SSSR count). The number of rotatable bonds is 4. The Bertz CT molecular complexity index is 534. The summed E-state index contributed by atoms with van der Waals surface area (Å²) in [6.07, 6.45) is 0. The predicted octanol–water partition coefficient (Wildman–Crippen LogP) is 4.73. The van der Waals surface area contributed by atoms with Crippen LogP contribution in [0.5, 0.6) is 5.75 Å². The Morgan fingerprint density at radius 3 is 2.67 bits per heavy atom. The molecule has 5 heteroatoms. The first-order chi connectivity index (χ1) is 8.60. The largest absolute Gasteiger partial charge is 0.485 e. The van der Waals surface area contributed by atoms with Crippen molar-refractivity contribution in [1.82, 2.24) is 4.98 Å². The monoisotopic (exact) mass is 301 g/mol. The molecule has 0 aliphatic heterocycles. The van der Waals surface area contributed by atoms with Gasteiger partial charge >= 0.3 is 0 Å². The summed E-state index contributed by atoms with van der Waals surface area (Å²) >= 11 is 13.5. The number of nitrogens with zero attached hydrogens (tertiary/aromatic N) is 1. The van der Waals surface area contributed by atoms with Gasteiger partial charge in [0.05, 0.1) is 10.7 Å². The van der Waals surface area contributed by atoms with Crippen LogP contribution in [-0.2, 0) is 12.5 Å². The summed E-state index contributed by atoms with van der Waals surface area (Å²) in [5.74, 6) is 1.11. The summed E-state index contributed by atoms with van der Waals surface area (Å²) in [5.41, 5.74) is 2.04. The summed E-state index contributed by atoms with van der Waals surface area (Å²) < 4.78 is 5.66. The Hall–Kier alpha value is -0.770. The quantitative estimate of drug-likeness (QED) is 0.762. The predicted molar refractivity (Wildman–Crippen MR) is 76.9 cm³/mol. The minimum Gasteiger partial charge on any atom is -0.485 e. The molecular formula is C13H13Cl2NOS. The van der Waals surface area contributed by atoms with Crippen molar-refractivity contribution in [3.05, 3.63) is 44.4 Å². The van der Waals surface area contributed by atoms with E-state index < -0.39 is 0 Å². The number of aromatic nitrogens is 1. The van der Waals surface area contributed by atoms with Crippen molar-refractivity contribution in [3.63, 3.8) is 0 Å². The molecule has 18 heavy (non-hydrogen) atoms. The fourth-order valence-electron chi connectivity index (χ4n) is 1.48. The van der Waals surface area contributed by atoms with Crippen LogP contribution in [0.25, 0.3) is 0 Å². The molecule has 0 saturated carbocycles. The van der Waals surface area contributed by atoms with Gasteiger partial charge in [-0.2, -0.15) is 0 Å². The Labute approximate surface area is 121 Å².